The monoisotopic (exact) mass is 371 g/mol. The largest absolute Gasteiger partial charge is 0.505 e. The molecular weight excluding hydrogens is 361 g/mol. The predicted molar refractivity (Wildman–Crippen MR) is 81.0 cm³/mol. The number of carboxylic acids is 1. The van der Waals surface area contributed by atoms with E-state index in [-0.39, 0.29) is 16.5 Å². The molecule has 3 rings (SSSR count). The van der Waals surface area contributed by atoms with E-state index in [0.29, 0.717) is 12.1 Å². The van der Waals surface area contributed by atoms with Crippen LogP contribution in [0.15, 0.2) is 36.4 Å². The Labute approximate surface area is 142 Å². The molecule has 4 nitrogen and oxygen atoms in total. The lowest BCUT2D eigenvalue weighted by Gasteiger charge is -2.12. The number of nitrogens with zero attached hydrogens (tertiary/aromatic N) is 1. The minimum Gasteiger partial charge on any atom is -0.505 e. The average Bonchev–Trinajstić information content (AvgIpc) is 2.82. The maximum atomic E-state index is 14.0. The number of rotatable bonds is 3. The molecule has 1 heterocycles. The van der Waals surface area contributed by atoms with Crippen LogP contribution in [0.4, 0.5) is 22.0 Å². The smallest absolute Gasteiger partial charge is 0.419 e. The van der Waals surface area contributed by atoms with Crippen LogP contribution in [0.2, 0.25) is 0 Å². The first-order chi connectivity index (χ1) is 12.1. The summed E-state index contributed by atoms with van der Waals surface area (Å²) in [4.78, 5) is 11.5. The molecule has 0 radical (unpaired) electrons. The first-order valence-electron chi connectivity index (χ1n) is 7.20. The molecule has 2 N–H and O–H groups in total. The third-order valence-electron chi connectivity index (χ3n) is 3.89. The van der Waals surface area contributed by atoms with Gasteiger partial charge in [-0.1, -0.05) is 12.1 Å². The molecule has 0 aliphatic rings. The molecule has 0 spiro atoms. The normalized spacial score (nSPS) is 11.9. The fourth-order valence-corrected chi connectivity index (χ4v) is 2.79. The van der Waals surface area contributed by atoms with E-state index in [0.717, 1.165) is 16.7 Å². The topological polar surface area (TPSA) is 62.5 Å². The highest BCUT2D eigenvalue weighted by atomic mass is 19.4. The summed E-state index contributed by atoms with van der Waals surface area (Å²) in [6.45, 7) is -0.439. The Balaban J connectivity index is 2.20. The van der Waals surface area contributed by atoms with Gasteiger partial charge in [-0.05, 0) is 29.8 Å². The molecule has 0 saturated carbocycles. The number of carbonyl (C=O) groups is 1. The molecule has 136 valence electrons. The van der Waals surface area contributed by atoms with Crippen molar-refractivity contribution >= 4 is 16.9 Å². The van der Waals surface area contributed by atoms with Crippen LogP contribution in [0.5, 0.6) is 5.75 Å². The van der Waals surface area contributed by atoms with Gasteiger partial charge in [0.15, 0.2) is 11.4 Å². The SMILES string of the molecule is O=C(O)c1c(O)c2c(F)cccc2n1Cc1ccc(F)c(C(F)(F)F)c1. The van der Waals surface area contributed by atoms with Crippen LogP contribution < -0.4 is 0 Å². The molecular formula is C17H10F5NO3. The van der Waals surface area contributed by atoms with E-state index in [1.165, 1.54) is 12.1 Å². The molecule has 0 unspecified atom stereocenters. The molecule has 1 aromatic heterocycles. The lowest BCUT2D eigenvalue weighted by atomic mass is 10.1. The minimum absolute atomic E-state index is 0.0159. The van der Waals surface area contributed by atoms with E-state index in [1.807, 2.05) is 0 Å². The van der Waals surface area contributed by atoms with E-state index in [2.05, 4.69) is 0 Å². The number of carboxylic acid groups (broad SMARTS) is 1. The van der Waals surface area contributed by atoms with E-state index in [9.17, 15) is 37.0 Å². The number of hydrogen-bond acceptors (Lipinski definition) is 2. The van der Waals surface area contributed by atoms with Crippen molar-refractivity contribution in [2.45, 2.75) is 12.7 Å². The van der Waals surface area contributed by atoms with Gasteiger partial charge in [-0.3, -0.25) is 0 Å². The summed E-state index contributed by atoms with van der Waals surface area (Å²) in [5, 5.41) is 19.0. The molecule has 2 aromatic carbocycles. The average molecular weight is 371 g/mol. The summed E-state index contributed by atoms with van der Waals surface area (Å²) in [5.74, 6) is -4.76. The summed E-state index contributed by atoms with van der Waals surface area (Å²) in [6.07, 6.45) is -4.93. The van der Waals surface area contributed by atoms with Crippen molar-refractivity contribution in [2.75, 3.05) is 0 Å². The number of aromatic carboxylic acids is 1. The van der Waals surface area contributed by atoms with Crippen molar-refractivity contribution in [3.05, 3.63) is 64.9 Å². The molecule has 3 aromatic rings. The first kappa shape index (κ1) is 17.7. The van der Waals surface area contributed by atoms with E-state index in [4.69, 9.17) is 0 Å². The van der Waals surface area contributed by atoms with Crippen LogP contribution in [-0.4, -0.2) is 20.7 Å². The third-order valence-corrected chi connectivity index (χ3v) is 3.89. The second kappa shape index (κ2) is 6.01. The molecule has 0 saturated heterocycles. The summed E-state index contributed by atoms with van der Waals surface area (Å²) in [5.41, 5.74) is -2.26. The second-order valence-electron chi connectivity index (χ2n) is 5.53. The van der Waals surface area contributed by atoms with Crippen molar-refractivity contribution in [1.82, 2.24) is 4.57 Å². The minimum atomic E-state index is -4.93. The maximum absolute atomic E-state index is 14.0. The van der Waals surface area contributed by atoms with Gasteiger partial charge >= 0.3 is 12.1 Å². The fourth-order valence-electron chi connectivity index (χ4n) is 2.79. The standard InChI is InChI=1S/C17H10F5NO3/c18-10-5-4-8(6-9(10)17(20,21)22)7-23-12-3-1-2-11(19)13(12)15(24)14(23)16(25)26/h1-6,24H,7H2,(H,25,26). The number of halogens is 5. The number of benzene rings is 2. The number of aromatic hydroxyl groups is 1. The van der Waals surface area contributed by atoms with Crippen molar-refractivity contribution in [3.8, 4) is 5.75 Å². The number of hydrogen-bond donors (Lipinski definition) is 2. The van der Waals surface area contributed by atoms with Gasteiger partial charge in [0, 0.05) is 6.54 Å². The van der Waals surface area contributed by atoms with Crippen LogP contribution in [-0.2, 0) is 12.7 Å². The number of fused-ring (bicyclic) bond motifs is 1. The summed E-state index contributed by atoms with van der Waals surface area (Å²) >= 11 is 0. The second-order valence-corrected chi connectivity index (χ2v) is 5.53. The Morgan fingerprint density at radius 3 is 2.38 bits per heavy atom. The molecule has 0 bridgehead atoms. The summed E-state index contributed by atoms with van der Waals surface area (Å²) < 4.78 is 66.9. The highest BCUT2D eigenvalue weighted by Crippen LogP contribution is 2.36. The lowest BCUT2D eigenvalue weighted by molar-refractivity contribution is -0.140. The van der Waals surface area contributed by atoms with E-state index in [1.54, 1.807) is 0 Å². The lowest BCUT2D eigenvalue weighted by Crippen LogP contribution is -2.12. The van der Waals surface area contributed by atoms with Crippen LogP contribution >= 0.6 is 0 Å². The van der Waals surface area contributed by atoms with Crippen molar-refractivity contribution in [2.24, 2.45) is 0 Å². The molecule has 0 amide bonds. The molecule has 0 aliphatic carbocycles. The molecule has 0 aliphatic heterocycles. The van der Waals surface area contributed by atoms with Gasteiger partial charge in [-0.25, -0.2) is 13.6 Å². The predicted octanol–water partition coefficient (Wildman–Crippen LogP) is 4.39. The zero-order chi connectivity index (χ0) is 19.2. The Bertz CT molecular complexity index is 1020. The number of alkyl halides is 3. The van der Waals surface area contributed by atoms with E-state index < -0.39 is 47.3 Å². The summed E-state index contributed by atoms with van der Waals surface area (Å²) in [6, 6.07) is 5.81. The van der Waals surface area contributed by atoms with E-state index >= 15 is 0 Å². The van der Waals surface area contributed by atoms with Crippen molar-refractivity contribution < 1.29 is 37.0 Å². The molecule has 26 heavy (non-hydrogen) atoms. The van der Waals surface area contributed by atoms with Crippen LogP contribution in [0.1, 0.15) is 21.6 Å². The first-order valence-corrected chi connectivity index (χ1v) is 7.20. The zero-order valence-electron chi connectivity index (χ0n) is 12.8. The number of aromatic nitrogens is 1. The molecule has 9 heteroatoms. The highest BCUT2D eigenvalue weighted by molar-refractivity contribution is 6.01. The Kier molecular flexibility index (Phi) is 4.09. The molecule has 0 atom stereocenters. The van der Waals surface area contributed by atoms with Gasteiger partial charge in [0.05, 0.1) is 16.5 Å². The van der Waals surface area contributed by atoms with Crippen LogP contribution in [0.25, 0.3) is 10.9 Å². The summed E-state index contributed by atoms with van der Waals surface area (Å²) in [7, 11) is 0. The Morgan fingerprint density at radius 1 is 1.08 bits per heavy atom. The van der Waals surface area contributed by atoms with Gasteiger partial charge in [0.1, 0.15) is 11.6 Å². The quantitative estimate of drug-likeness (QED) is 0.672. The van der Waals surface area contributed by atoms with Gasteiger partial charge in [0.2, 0.25) is 0 Å². The highest BCUT2D eigenvalue weighted by Gasteiger charge is 2.34. The Hall–Kier alpha value is -3.10. The van der Waals surface area contributed by atoms with Crippen molar-refractivity contribution in [3.63, 3.8) is 0 Å². The van der Waals surface area contributed by atoms with Gasteiger partial charge in [0.25, 0.3) is 0 Å². The van der Waals surface area contributed by atoms with Gasteiger partial charge < -0.3 is 14.8 Å². The third kappa shape index (κ3) is 2.85. The van der Waals surface area contributed by atoms with Gasteiger partial charge in [-0.15, -0.1) is 0 Å². The maximum Gasteiger partial charge on any atom is 0.419 e. The van der Waals surface area contributed by atoms with Crippen LogP contribution in [0.3, 0.4) is 0 Å². The van der Waals surface area contributed by atoms with Crippen LogP contribution in [0, 0.1) is 11.6 Å². The Morgan fingerprint density at radius 2 is 1.77 bits per heavy atom. The fraction of sp³-hybridized carbons (Fsp3) is 0.118. The van der Waals surface area contributed by atoms with Crippen molar-refractivity contribution in [1.29, 1.82) is 0 Å². The zero-order valence-corrected chi connectivity index (χ0v) is 12.8. The van der Waals surface area contributed by atoms with Gasteiger partial charge in [-0.2, -0.15) is 13.2 Å². The molecule has 0 fully saturated rings.